The van der Waals surface area contributed by atoms with Crippen molar-refractivity contribution in [3.05, 3.63) is 38.0 Å². The van der Waals surface area contributed by atoms with Crippen LogP contribution in [0.15, 0.2) is 17.5 Å². The molecule has 0 aliphatic carbocycles. The number of thiophene rings is 1. The molecular formula is C12H16N2S2. The van der Waals surface area contributed by atoms with E-state index >= 15 is 0 Å². The second kappa shape index (κ2) is 5.08. The third-order valence-electron chi connectivity index (χ3n) is 2.53. The van der Waals surface area contributed by atoms with Crippen molar-refractivity contribution >= 4 is 22.7 Å². The van der Waals surface area contributed by atoms with Gasteiger partial charge in [0.15, 0.2) is 0 Å². The summed E-state index contributed by atoms with van der Waals surface area (Å²) in [5.41, 5.74) is 1.19. The zero-order valence-electron chi connectivity index (χ0n) is 9.78. The van der Waals surface area contributed by atoms with Gasteiger partial charge in [-0.2, -0.15) is 0 Å². The van der Waals surface area contributed by atoms with Crippen molar-refractivity contribution < 1.29 is 0 Å². The third-order valence-corrected chi connectivity index (χ3v) is 4.47. The average Bonchev–Trinajstić information content (AvgIpc) is 2.84. The van der Waals surface area contributed by atoms with E-state index in [2.05, 4.69) is 41.7 Å². The van der Waals surface area contributed by atoms with Crippen molar-refractivity contribution in [3.63, 3.8) is 0 Å². The first-order valence-electron chi connectivity index (χ1n) is 5.33. The second-order valence-corrected chi connectivity index (χ2v) is 6.23. The quantitative estimate of drug-likeness (QED) is 0.903. The van der Waals surface area contributed by atoms with Gasteiger partial charge in [0, 0.05) is 27.6 Å². The summed E-state index contributed by atoms with van der Waals surface area (Å²) >= 11 is 3.58. The maximum atomic E-state index is 4.51. The molecule has 2 aromatic heterocycles. The van der Waals surface area contributed by atoms with Crippen LogP contribution in [0.1, 0.15) is 26.5 Å². The fraction of sp³-hybridized carbons (Fsp3) is 0.417. The number of aryl methyl sites for hydroxylation is 2. The minimum atomic E-state index is 0.389. The van der Waals surface area contributed by atoms with Crippen molar-refractivity contribution in [1.29, 1.82) is 0 Å². The summed E-state index contributed by atoms with van der Waals surface area (Å²) in [5.74, 6) is 0. The Balaban J connectivity index is 2.12. The molecule has 2 aromatic rings. The molecule has 86 valence electrons. The fourth-order valence-corrected chi connectivity index (χ4v) is 3.31. The molecule has 0 saturated carbocycles. The Labute approximate surface area is 104 Å². The van der Waals surface area contributed by atoms with E-state index in [1.165, 1.54) is 15.4 Å². The first-order chi connectivity index (χ1) is 7.69. The first kappa shape index (κ1) is 11.8. The van der Waals surface area contributed by atoms with Gasteiger partial charge in [0.1, 0.15) is 0 Å². The van der Waals surface area contributed by atoms with Crippen LogP contribution in [-0.4, -0.2) is 12.0 Å². The topological polar surface area (TPSA) is 24.9 Å². The smallest absolute Gasteiger partial charge is 0.0897 e. The Morgan fingerprint density at radius 1 is 1.38 bits per heavy atom. The SMILES string of the molecule is CNC(Cc1csc(C)n1)c1ccc(C)s1. The normalized spacial score (nSPS) is 12.9. The van der Waals surface area contributed by atoms with Gasteiger partial charge in [0.05, 0.1) is 10.7 Å². The summed E-state index contributed by atoms with van der Waals surface area (Å²) in [6.45, 7) is 4.20. The maximum absolute atomic E-state index is 4.51. The maximum Gasteiger partial charge on any atom is 0.0897 e. The molecule has 1 N–H and O–H groups in total. The molecule has 2 heterocycles. The van der Waals surface area contributed by atoms with Crippen LogP contribution in [0.25, 0.3) is 0 Å². The summed E-state index contributed by atoms with van der Waals surface area (Å²) in [7, 11) is 2.01. The molecule has 0 aromatic carbocycles. The van der Waals surface area contributed by atoms with E-state index in [9.17, 15) is 0 Å². The number of nitrogens with zero attached hydrogens (tertiary/aromatic N) is 1. The molecule has 1 unspecified atom stereocenters. The molecule has 0 aliphatic rings. The Kier molecular flexibility index (Phi) is 3.74. The van der Waals surface area contributed by atoms with Gasteiger partial charge >= 0.3 is 0 Å². The van der Waals surface area contributed by atoms with E-state index in [-0.39, 0.29) is 0 Å². The molecule has 16 heavy (non-hydrogen) atoms. The average molecular weight is 252 g/mol. The summed E-state index contributed by atoms with van der Waals surface area (Å²) < 4.78 is 0. The Morgan fingerprint density at radius 2 is 2.19 bits per heavy atom. The lowest BCUT2D eigenvalue weighted by Crippen LogP contribution is -2.17. The Morgan fingerprint density at radius 3 is 2.69 bits per heavy atom. The van der Waals surface area contributed by atoms with Crippen LogP contribution in [0.4, 0.5) is 0 Å². The van der Waals surface area contributed by atoms with Gasteiger partial charge in [-0.1, -0.05) is 0 Å². The Bertz CT molecular complexity index is 459. The molecule has 0 bridgehead atoms. The molecule has 2 rings (SSSR count). The zero-order valence-corrected chi connectivity index (χ0v) is 11.4. The molecule has 0 saturated heterocycles. The van der Waals surface area contributed by atoms with Crippen LogP contribution in [-0.2, 0) is 6.42 Å². The van der Waals surface area contributed by atoms with Crippen LogP contribution in [0, 0.1) is 13.8 Å². The van der Waals surface area contributed by atoms with E-state index in [4.69, 9.17) is 0 Å². The van der Waals surface area contributed by atoms with Crippen molar-refractivity contribution in [2.45, 2.75) is 26.3 Å². The summed E-state index contributed by atoms with van der Waals surface area (Å²) in [5, 5.41) is 6.66. The molecule has 4 heteroatoms. The first-order valence-corrected chi connectivity index (χ1v) is 7.03. The van der Waals surface area contributed by atoms with Gasteiger partial charge in [-0.05, 0) is 33.0 Å². The molecule has 0 aliphatic heterocycles. The summed E-state index contributed by atoms with van der Waals surface area (Å²) in [4.78, 5) is 7.27. The Hall–Kier alpha value is -0.710. The largest absolute Gasteiger partial charge is 0.312 e. The highest BCUT2D eigenvalue weighted by Crippen LogP contribution is 2.25. The van der Waals surface area contributed by atoms with Crippen molar-refractivity contribution in [3.8, 4) is 0 Å². The van der Waals surface area contributed by atoms with Gasteiger partial charge in [0.25, 0.3) is 0 Å². The van der Waals surface area contributed by atoms with Crippen molar-refractivity contribution in [1.82, 2.24) is 10.3 Å². The minimum absolute atomic E-state index is 0.389. The van der Waals surface area contributed by atoms with Crippen LogP contribution >= 0.6 is 22.7 Å². The third kappa shape index (κ3) is 2.70. The van der Waals surface area contributed by atoms with E-state index in [1.54, 1.807) is 11.3 Å². The van der Waals surface area contributed by atoms with Gasteiger partial charge in [-0.3, -0.25) is 0 Å². The predicted molar refractivity (Wildman–Crippen MR) is 71.4 cm³/mol. The van der Waals surface area contributed by atoms with E-state index in [1.807, 2.05) is 18.4 Å². The fourth-order valence-electron chi connectivity index (χ4n) is 1.70. The number of likely N-dealkylation sites (N-methyl/N-ethyl adjacent to an activating group) is 1. The minimum Gasteiger partial charge on any atom is -0.312 e. The van der Waals surface area contributed by atoms with Crippen molar-refractivity contribution in [2.75, 3.05) is 7.05 Å². The zero-order chi connectivity index (χ0) is 11.5. The van der Waals surface area contributed by atoms with Crippen LogP contribution in [0.3, 0.4) is 0 Å². The predicted octanol–water partition coefficient (Wildman–Crippen LogP) is 3.32. The molecule has 2 nitrogen and oxygen atoms in total. The van der Waals surface area contributed by atoms with E-state index in [0.29, 0.717) is 6.04 Å². The van der Waals surface area contributed by atoms with Crippen LogP contribution in [0.2, 0.25) is 0 Å². The molecule has 0 spiro atoms. The number of hydrogen-bond acceptors (Lipinski definition) is 4. The molecular weight excluding hydrogens is 236 g/mol. The van der Waals surface area contributed by atoms with Gasteiger partial charge in [0.2, 0.25) is 0 Å². The van der Waals surface area contributed by atoms with Crippen molar-refractivity contribution in [2.24, 2.45) is 0 Å². The van der Waals surface area contributed by atoms with Crippen LogP contribution < -0.4 is 5.32 Å². The highest BCUT2D eigenvalue weighted by molar-refractivity contribution is 7.12. The number of hydrogen-bond donors (Lipinski definition) is 1. The van der Waals surface area contributed by atoms with E-state index < -0.39 is 0 Å². The number of rotatable bonds is 4. The van der Waals surface area contributed by atoms with E-state index in [0.717, 1.165) is 11.4 Å². The number of nitrogens with one attached hydrogen (secondary N) is 1. The van der Waals surface area contributed by atoms with Gasteiger partial charge in [-0.25, -0.2) is 4.98 Å². The summed E-state index contributed by atoms with van der Waals surface area (Å²) in [6, 6.07) is 4.78. The molecule has 0 amide bonds. The molecule has 1 atom stereocenters. The van der Waals surface area contributed by atoms with Gasteiger partial charge in [-0.15, -0.1) is 22.7 Å². The molecule has 0 fully saturated rings. The standard InChI is InChI=1S/C12H16N2S2/c1-8-4-5-12(16-8)11(13-3)6-10-7-15-9(2)14-10/h4-5,7,11,13H,6H2,1-3H3. The highest BCUT2D eigenvalue weighted by Gasteiger charge is 2.13. The lowest BCUT2D eigenvalue weighted by molar-refractivity contribution is 0.595. The second-order valence-electron chi connectivity index (χ2n) is 3.85. The number of thiazole rings is 1. The summed E-state index contributed by atoms with van der Waals surface area (Å²) in [6.07, 6.45) is 0.973. The van der Waals surface area contributed by atoms with Gasteiger partial charge < -0.3 is 5.32 Å². The monoisotopic (exact) mass is 252 g/mol. The van der Waals surface area contributed by atoms with Crippen LogP contribution in [0.5, 0.6) is 0 Å². The molecule has 0 radical (unpaired) electrons. The lowest BCUT2D eigenvalue weighted by Gasteiger charge is -2.12. The number of aromatic nitrogens is 1. The lowest BCUT2D eigenvalue weighted by atomic mass is 10.1. The highest BCUT2D eigenvalue weighted by atomic mass is 32.1.